The molecule has 0 saturated carbocycles. The fourth-order valence-corrected chi connectivity index (χ4v) is 3.73. The van der Waals surface area contributed by atoms with Gasteiger partial charge in [0.2, 0.25) is 5.76 Å². The number of likely N-dealkylation sites (tertiary alicyclic amines) is 1. The Kier molecular flexibility index (Phi) is 4.67. The number of hydrogen-bond acceptors (Lipinski definition) is 4. The lowest BCUT2D eigenvalue weighted by Gasteiger charge is -2.25. The van der Waals surface area contributed by atoms with E-state index in [2.05, 4.69) is 24.2 Å². The largest absolute Gasteiger partial charge is 0.497 e. The van der Waals surface area contributed by atoms with Crippen LogP contribution in [0.25, 0.3) is 11.3 Å². The third-order valence-corrected chi connectivity index (χ3v) is 5.15. The zero-order chi connectivity index (χ0) is 18.8. The molecular formula is C22H22N2O3. The van der Waals surface area contributed by atoms with Gasteiger partial charge in [-0.3, -0.25) is 4.79 Å². The highest BCUT2D eigenvalue weighted by Gasteiger charge is 2.33. The van der Waals surface area contributed by atoms with Crippen LogP contribution in [0.4, 0.5) is 0 Å². The van der Waals surface area contributed by atoms with Gasteiger partial charge in [0.15, 0.2) is 0 Å². The number of ether oxygens (including phenoxy) is 1. The van der Waals surface area contributed by atoms with Crippen molar-refractivity contribution in [2.45, 2.75) is 25.8 Å². The van der Waals surface area contributed by atoms with Gasteiger partial charge in [-0.1, -0.05) is 41.6 Å². The highest BCUT2D eigenvalue weighted by atomic mass is 16.5. The topological polar surface area (TPSA) is 55.6 Å². The van der Waals surface area contributed by atoms with Crippen LogP contribution >= 0.6 is 0 Å². The van der Waals surface area contributed by atoms with Crippen LogP contribution < -0.4 is 4.74 Å². The maximum atomic E-state index is 13.1. The van der Waals surface area contributed by atoms with Gasteiger partial charge < -0.3 is 14.2 Å². The monoisotopic (exact) mass is 362 g/mol. The Morgan fingerprint density at radius 2 is 2.04 bits per heavy atom. The van der Waals surface area contributed by atoms with Crippen LogP contribution in [0.5, 0.6) is 5.75 Å². The molecule has 0 N–H and O–H groups in total. The lowest BCUT2D eigenvalue weighted by Crippen LogP contribution is -2.30. The van der Waals surface area contributed by atoms with Crippen LogP contribution in [0.15, 0.2) is 59.1 Å². The first-order chi connectivity index (χ1) is 13.2. The maximum Gasteiger partial charge on any atom is 0.292 e. The molecule has 0 radical (unpaired) electrons. The molecule has 0 bridgehead atoms. The molecule has 3 aromatic rings. The first-order valence-electron chi connectivity index (χ1n) is 9.15. The molecule has 0 unspecified atom stereocenters. The summed E-state index contributed by atoms with van der Waals surface area (Å²) in [6, 6.07) is 17.6. The summed E-state index contributed by atoms with van der Waals surface area (Å²) >= 11 is 0. The Bertz CT molecular complexity index is 963. The summed E-state index contributed by atoms with van der Waals surface area (Å²) in [5.41, 5.74) is 3.89. The average molecular weight is 362 g/mol. The summed E-state index contributed by atoms with van der Waals surface area (Å²) in [7, 11) is 1.62. The highest BCUT2D eigenvalue weighted by molar-refractivity contribution is 5.93. The van der Waals surface area contributed by atoms with Crippen molar-refractivity contribution in [3.8, 4) is 17.0 Å². The quantitative estimate of drug-likeness (QED) is 0.679. The number of hydrogen-bond donors (Lipinski definition) is 0. The van der Waals surface area contributed by atoms with Gasteiger partial charge in [-0.05, 0) is 43.0 Å². The van der Waals surface area contributed by atoms with Crippen LogP contribution in [-0.2, 0) is 0 Å². The molecule has 2 aromatic carbocycles. The SMILES string of the molecule is COc1cccc(-c2cc(C(=O)N3CCC[C@@H]3c3ccccc3C)on2)c1. The molecule has 5 nitrogen and oxygen atoms in total. The van der Waals surface area contributed by atoms with E-state index in [4.69, 9.17) is 9.26 Å². The molecule has 1 aromatic heterocycles. The number of aryl methyl sites for hydroxylation is 1. The highest BCUT2D eigenvalue weighted by Crippen LogP contribution is 2.35. The van der Waals surface area contributed by atoms with Crippen molar-refractivity contribution in [1.29, 1.82) is 0 Å². The molecule has 1 amide bonds. The predicted octanol–water partition coefficient (Wildman–Crippen LogP) is 4.64. The molecule has 1 saturated heterocycles. The molecule has 2 heterocycles. The van der Waals surface area contributed by atoms with E-state index in [0.29, 0.717) is 5.69 Å². The van der Waals surface area contributed by atoms with Crippen molar-refractivity contribution in [3.05, 3.63) is 71.5 Å². The second kappa shape index (κ2) is 7.27. The first kappa shape index (κ1) is 17.3. The normalized spacial score (nSPS) is 16.5. The molecule has 0 aliphatic carbocycles. The first-order valence-corrected chi connectivity index (χ1v) is 9.15. The summed E-state index contributed by atoms with van der Waals surface area (Å²) in [4.78, 5) is 15.0. The van der Waals surface area contributed by atoms with Crippen molar-refractivity contribution in [2.75, 3.05) is 13.7 Å². The summed E-state index contributed by atoms with van der Waals surface area (Å²) in [6.07, 6.45) is 1.95. The van der Waals surface area contributed by atoms with Crippen molar-refractivity contribution in [3.63, 3.8) is 0 Å². The van der Waals surface area contributed by atoms with Crippen LogP contribution in [0.2, 0.25) is 0 Å². The predicted molar refractivity (Wildman–Crippen MR) is 103 cm³/mol. The van der Waals surface area contributed by atoms with Crippen LogP contribution in [0.3, 0.4) is 0 Å². The lowest BCUT2D eigenvalue weighted by molar-refractivity contribution is 0.0693. The number of benzene rings is 2. The zero-order valence-corrected chi connectivity index (χ0v) is 15.5. The fourth-order valence-electron chi connectivity index (χ4n) is 3.73. The van der Waals surface area contributed by atoms with Gasteiger partial charge in [-0.15, -0.1) is 0 Å². The van der Waals surface area contributed by atoms with E-state index in [-0.39, 0.29) is 17.7 Å². The zero-order valence-electron chi connectivity index (χ0n) is 15.5. The van der Waals surface area contributed by atoms with Crippen molar-refractivity contribution >= 4 is 5.91 Å². The molecular weight excluding hydrogens is 340 g/mol. The van der Waals surface area contributed by atoms with E-state index in [1.54, 1.807) is 13.2 Å². The Hall–Kier alpha value is -3.08. The van der Waals surface area contributed by atoms with Gasteiger partial charge in [0.25, 0.3) is 5.91 Å². The average Bonchev–Trinajstić information content (AvgIpc) is 3.38. The van der Waals surface area contributed by atoms with E-state index in [0.717, 1.165) is 30.7 Å². The smallest absolute Gasteiger partial charge is 0.292 e. The van der Waals surface area contributed by atoms with Crippen LogP contribution in [0, 0.1) is 6.92 Å². The lowest BCUT2D eigenvalue weighted by atomic mass is 9.99. The van der Waals surface area contributed by atoms with E-state index < -0.39 is 0 Å². The minimum Gasteiger partial charge on any atom is -0.497 e. The van der Waals surface area contributed by atoms with E-state index in [1.165, 1.54) is 11.1 Å². The maximum absolute atomic E-state index is 13.1. The van der Waals surface area contributed by atoms with Gasteiger partial charge in [0.1, 0.15) is 11.4 Å². The molecule has 1 aliphatic rings. The molecule has 138 valence electrons. The summed E-state index contributed by atoms with van der Waals surface area (Å²) in [6.45, 7) is 2.82. The van der Waals surface area contributed by atoms with E-state index in [1.807, 2.05) is 41.3 Å². The van der Waals surface area contributed by atoms with Gasteiger partial charge in [0, 0.05) is 18.2 Å². The third-order valence-electron chi connectivity index (χ3n) is 5.15. The number of nitrogens with zero attached hydrogens (tertiary/aromatic N) is 2. The molecule has 1 fully saturated rings. The third kappa shape index (κ3) is 3.33. The Balaban J connectivity index is 1.59. The van der Waals surface area contributed by atoms with Gasteiger partial charge in [-0.2, -0.15) is 0 Å². The Morgan fingerprint density at radius 3 is 2.85 bits per heavy atom. The number of amides is 1. The van der Waals surface area contributed by atoms with Crippen LogP contribution in [-0.4, -0.2) is 29.6 Å². The molecule has 5 heteroatoms. The molecule has 1 aliphatic heterocycles. The van der Waals surface area contributed by atoms with Gasteiger partial charge in [0.05, 0.1) is 13.2 Å². The fraction of sp³-hybridized carbons (Fsp3) is 0.273. The van der Waals surface area contributed by atoms with E-state index >= 15 is 0 Å². The van der Waals surface area contributed by atoms with Crippen molar-refractivity contribution in [1.82, 2.24) is 10.1 Å². The van der Waals surface area contributed by atoms with Crippen LogP contribution in [0.1, 0.15) is 40.6 Å². The molecule has 1 atom stereocenters. The Labute approximate surface area is 158 Å². The number of carbonyl (C=O) groups excluding carboxylic acids is 1. The minimum absolute atomic E-state index is 0.0871. The summed E-state index contributed by atoms with van der Waals surface area (Å²) in [5.74, 6) is 0.901. The number of rotatable bonds is 4. The second-order valence-corrected chi connectivity index (χ2v) is 6.82. The minimum atomic E-state index is -0.109. The molecule has 4 rings (SSSR count). The standard InChI is InChI=1S/C22H22N2O3/c1-15-7-3-4-10-18(15)20-11-6-12-24(20)22(25)21-14-19(23-27-21)16-8-5-9-17(13-16)26-2/h3-5,7-10,13-14,20H,6,11-12H2,1-2H3/t20-/m1/s1. The van der Waals surface area contributed by atoms with Crippen molar-refractivity contribution < 1.29 is 14.1 Å². The molecule has 0 spiro atoms. The molecule has 27 heavy (non-hydrogen) atoms. The van der Waals surface area contributed by atoms with Gasteiger partial charge in [-0.25, -0.2) is 0 Å². The van der Waals surface area contributed by atoms with Crippen molar-refractivity contribution in [2.24, 2.45) is 0 Å². The summed E-state index contributed by atoms with van der Waals surface area (Å²) < 4.78 is 10.7. The number of aromatic nitrogens is 1. The Morgan fingerprint density at radius 1 is 1.19 bits per heavy atom. The van der Waals surface area contributed by atoms with E-state index in [9.17, 15) is 4.79 Å². The number of methoxy groups -OCH3 is 1. The summed E-state index contributed by atoms with van der Waals surface area (Å²) in [5, 5.41) is 4.09. The van der Waals surface area contributed by atoms with Gasteiger partial charge >= 0.3 is 0 Å². The number of carbonyl (C=O) groups is 1. The second-order valence-electron chi connectivity index (χ2n) is 6.82.